The van der Waals surface area contributed by atoms with Gasteiger partial charge in [0.1, 0.15) is 0 Å². The third kappa shape index (κ3) is 28.6. The fraction of sp³-hybridized carbons (Fsp3) is 0.386. The Kier molecular flexibility index (Phi) is 37.0. The van der Waals surface area contributed by atoms with Crippen molar-refractivity contribution in [3.63, 3.8) is 0 Å². The van der Waals surface area contributed by atoms with Crippen LogP contribution in [0.25, 0.3) is 0 Å². The maximum absolute atomic E-state index is 13.8. The van der Waals surface area contributed by atoms with Gasteiger partial charge in [-0.05, 0) is 186 Å². The van der Waals surface area contributed by atoms with Gasteiger partial charge in [-0.25, -0.2) is 39.6 Å². The predicted octanol–water partition coefficient (Wildman–Crippen LogP) is 13.2. The number of cyclic esters (lactones) is 3. The van der Waals surface area contributed by atoms with Crippen molar-refractivity contribution < 1.29 is 93.1 Å². The zero-order valence-corrected chi connectivity index (χ0v) is 79.7. The topological polar surface area (TPSA) is 383 Å². The quantitative estimate of drug-likeness (QED) is 0.0153. The van der Waals surface area contributed by atoms with E-state index in [-0.39, 0.29) is 122 Å². The van der Waals surface area contributed by atoms with E-state index in [0.717, 1.165) is 58.2 Å². The van der Waals surface area contributed by atoms with E-state index in [4.69, 9.17) is 14.2 Å². The lowest BCUT2D eigenvalue weighted by atomic mass is 10.0. The smallest absolute Gasteiger partial charge is 0.415 e. The van der Waals surface area contributed by atoms with E-state index in [1.165, 1.54) is 41.5 Å². The molecule has 29 nitrogen and oxygen atoms in total. The van der Waals surface area contributed by atoms with Crippen LogP contribution in [0.15, 0.2) is 251 Å². The van der Waals surface area contributed by atoms with Gasteiger partial charge >= 0.3 is 18.3 Å². The van der Waals surface area contributed by atoms with Crippen LogP contribution in [0.1, 0.15) is 134 Å². The number of aliphatic hydroxyl groups is 3. The van der Waals surface area contributed by atoms with E-state index >= 15 is 0 Å². The lowest BCUT2D eigenvalue weighted by Crippen LogP contribution is -2.53. The van der Waals surface area contributed by atoms with Crippen molar-refractivity contribution in [2.45, 2.75) is 191 Å². The Labute approximate surface area is 781 Å². The number of sulfonamides is 3. The number of carbonyl (C=O) groups is 8. The molecular weight excluding hydrogens is 1760 g/mol. The summed E-state index contributed by atoms with van der Waals surface area (Å²) < 4.78 is 103. The van der Waals surface area contributed by atoms with Gasteiger partial charge in [0.15, 0.2) is 29.9 Å². The average Bonchev–Trinajstić information content (AvgIpc) is 1.73. The minimum absolute atomic E-state index is 0.0181. The van der Waals surface area contributed by atoms with Gasteiger partial charge in [-0.1, -0.05) is 229 Å². The molecule has 3 aliphatic heterocycles. The number of amides is 6. The molecule has 6 amide bonds. The number of aryl methyl sites for hydroxylation is 4. The van der Waals surface area contributed by atoms with Crippen molar-refractivity contribution in [3.05, 3.63) is 287 Å². The SMILES string of the molecule is CC[C@H](C)CN(C[C@@H](O)[C@H](Cc1ccccc1)NC(=O)[C@@H]1CN(c2ccc(C(C)=O)cc2)C(=O)O1)S(=O)(=O)c1ccc(C)cc1.CC[C@H](C)CN(C[C@@H](O)[C@H](Cc1ccccc1)NC(=O)[C@@H]1CN(c2cccc(C(C)=O)c2)C(=O)O1)S(=O)(=O)c1ccc(C)cc1.CC[C@H](C)CN(C[C@@H](O)[C@H](Cc1ccccc1)NC(=O)[C@@H]1CN(c2cccc(C)c2)C(=O)O1)S(=O)(=O)c1ccc(C)cc1. The van der Waals surface area contributed by atoms with Gasteiger partial charge in [-0.3, -0.25) is 38.7 Å². The van der Waals surface area contributed by atoms with E-state index < -0.39 is 121 Å². The van der Waals surface area contributed by atoms with Crippen LogP contribution in [0.2, 0.25) is 0 Å². The highest BCUT2D eigenvalue weighted by Gasteiger charge is 2.44. The lowest BCUT2D eigenvalue weighted by Gasteiger charge is -2.31. The summed E-state index contributed by atoms with van der Waals surface area (Å²) in [5.74, 6) is -1.98. The van der Waals surface area contributed by atoms with Crippen LogP contribution in [0, 0.1) is 45.4 Å². The summed E-state index contributed by atoms with van der Waals surface area (Å²) in [4.78, 5) is 106. The molecule has 0 bridgehead atoms. The molecule has 3 fully saturated rings. The Bertz CT molecular complexity index is 5790. The minimum atomic E-state index is -3.96. The zero-order chi connectivity index (χ0) is 96.6. The third-order valence-electron chi connectivity index (χ3n) is 23.8. The molecule has 3 saturated heterocycles. The van der Waals surface area contributed by atoms with Crippen molar-refractivity contribution in [2.24, 2.45) is 17.8 Å². The molecule has 0 aromatic heterocycles. The summed E-state index contributed by atoms with van der Waals surface area (Å²) in [5.41, 5.74) is 8.68. The highest BCUT2D eigenvalue weighted by Crippen LogP contribution is 2.31. The number of benzene rings is 9. The Morgan fingerprint density at radius 2 is 0.639 bits per heavy atom. The third-order valence-corrected chi connectivity index (χ3v) is 29.4. The first-order chi connectivity index (χ1) is 63.2. The molecule has 3 heterocycles. The van der Waals surface area contributed by atoms with Gasteiger partial charge in [-0.2, -0.15) is 12.9 Å². The largest absolute Gasteiger partial charge is 0.434 e. The number of hydrogen-bond donors (Lipinski definition) is 6. The summed E-state index contributed by atoms with van der Waals surface area (Å²) in [7, 11) is -11.9. The fourth-order valence-electron chi connectivity index (χ4n) is 15.1. The number of nitrogens with one attached hydrogen (secondary N) is 3. The second-order valence-corrected chi connectivity index (χ2v) is 40.4. The maximum Gasteiger partial charge on any atom is 0.415 e. The molecule has 0 saturated carbocycles. The molecule has 32 heteroatoms. The molecule has 3 aliphatic rings. The molecule has 133 heavy (non-hydrogen) atoms. The van der Waals surface area contributed by atoms with Gasteiger partial charge in [0, 0.05) is 67.5 Å². The van der Waals surface area contributed by atoms with Crippen LogP contribution in [0.4, 0.5) is 31.4 Å². The van der Waals surface area contributed by atoms with Crippen LogP contribution < -0.4 is 30.7 Å². The van der Waals surface area contributed by atoms with Crippen LogP contribution >= 0.6 is 0 Å². The van der Waals surface area contributed by atoms with Crippen molar-refractivity contribution in [1.29, 1.82) is 0 Å². The van der Waals surface area contributed by atoms with Crippen molar-refractivity contribution in [1.82, 2.24) is 28.9 Å². The van der Waals surface area contributed by atoms with E-state index in [1.807, 2.05) is 178 Å². The number of rotatable bonds is 41. The fourth-order valence-corrected chi connectivity index (χ4v) is 19.8. The van der Waals surface area contributed by atoms with E-state index in [1.54, 1.807) is 127 Å². The molecule has 6 N–H and O–H groups in total. The molecule has 710 valence electrons. The molecular formula is C101H123N9O20S3. The molecule has 0 aliphatic carbocycles. The number of nitrogens with zero attached hydrogens (tertiary/aromatic N) is 6. The van der Waals surface area contributed by atoms with Gasteiger partial charge in [0.25, 0.3) is 17.7 Å². The van der Waals surface area contributed by atoms with Crippen molar-refractivity contribution in [2.75, 3.05) is 73.6 Å². The van der Waals surface area contributed by atoms with Crippen molar-refractivity contribution >= 4 is 94.7 Å². The Morgan fingerprint density at radius 3 is 0.925 bits per heavy atom. The summed E-state index contributed by atoms with van der Waals surface area (Å²) in [6.45, 7) is 21.9. The molecule has 12 atom stereocenters. The van der Waals surface area contributed by atoms with E-state index in [9.17, 15) is 78.9 Å². The molecule has 9 aromatic rings. The Hall–Kier alpha value is -11.9. The Balaban J connectivity index is 0.000000207. The van der Waals surface area contributed by atoms with Gasteiger partial charge in [0.2, 0.25) is 30.1 Å². The maximum atomic E-state index is 13.8. The summed E-state index contributed by atoms with van der Waals surface area (Å²) >= 11 is 0. The standard InChI is InChI=1S/2C34H41N3O7S.C33H41N3O6S/c1-5-23(2)20-36(45(42,43)29-16-14-24(3)15-17-29)21-31(39)30(18-26-10-7-6-8-11-26)35-33(40)32-22-37(34(41)44-32)28-13-9-12-27(19-28)25(4)38;1-5-23(2)20-36(45(42,43)29-17-11-24(3)12-18-29)21-31(39)30(19-26-9-7-6-8-10-26)35-33(40)32-22-37(34(41)44-32)28-15-13-27(14-16-28)25(4)38;1-5-23(2)20-35(43(40,41)28-16-14-24(3)15-17-28)21-30(37)29(19-26-11-7-6-8-12-26)34-32(38)31-22-36(33(39)42-31)27-13-9-10-25(4)18-27/h6-17,19,23,30-32,39H,5,18,20-22H2,1-4H3,(H,35,40);6-18,23,30-32,39H,5,19-22H2,1-4H3,(H,35,40);6-18,23,29-31,37H,5,19-22H2,1-4H3,(H,34,38)/t2*23-,30-,31+,32-;23-,29-,30+,31-/m000/s1. The first-order valence-corrected chi connectivity index (χ1v) is 49.1. The highest BCUT2D eigenvalue weighted by molar-refractivity contribution is 7.89. The molecule has 12 rings (SSSR count). The number of hydrogen-bond acceptors (Lipinski definition) is 20. The van der Waals surface area contributed by atoms with Gasteiger partial charge in [0.05, 0.1) is 70.8 Å². The first-order valence-electron chi connectivity index (χ1n) is 44.8. The first kappa shape index (κ1) is 103. The van der Waals surface area contributed by atoms with Crippen LogP contribution in [-0.4, -0.2) is 215 Å². The molecule has 0 unspecified atom stereocenters. The number of aliphatic hydroxyl groups excluding tert-OH is 3. The number of anilines is 3. The second kappa shape index (κ2) is 47.7. The molecule has 0 spiro atoms. The summed E-state index contributed by atoms with van der Waals surface area (Å²) in [6.07, 6.45) is -6.45. The van der Waals surface area contributed by atoms with Gasteiger partial charge in [-0.15, -0.1) is 0 Å². The summed E-state index contributed by atoms with van der Waals surface area (Å²) in [6, 6.07) is 65.2. The molecule has 0 radical (unpaired) electrons. The van der Waals surface area contributed by atoms with E-state index in [0.29, 0.717) is 28.2 Å². The minimum Gasteiger partial charge on any atom is -0.434 e. The monoisotopic (exact) mass is 1880 g/mol. The number of carbonyl (C=O) groups excluding carboxylic acids is 8. The normalized spacial score (nSPS) is 17.2. The average molecular weight is 1880 g/mol. The number of ether oxygens (including phenoxy) is 3. The molecule has 9 aromatic carbocycles. The van der Waals surface area contributed by atoms with Crippen LogP contribution in [0.3, 0.4) is 0 Å². The number of ketones is 2. The van der Waals surface area contributed by atoms with Crippen molar-refractivity contribution in [3.8, 4) is 0 Å². The van der Waals surface area contributed by atoms with Crippen LogP contribution in [-0.2, 0) is 77.9 Å². The zero-order valence-electron chi connectivity index (χ0n) is 77.2. The lowest BCUT2D eigenvalue weighted by molar-refractivity contribution is -0.130. The summed E-state index contributed by atoms with van der Waals surface area (Å²) in [5, 5.41) is 43.2. The van der Waals surface area contributed by atoms with E-state index in [2.05, 4.69) is 16.0 Å². The number of Topliss-reactive ketones (excluding diaryl/α,β-unsaturated/α-hetero) is 2. The Morgan fingerprint density at radius 1 is 0.353 bits per heavy atom. The predicted molar refractivity (Wildman–Crippen MR) is 509 cm³/mol. The van der Waals surface area contributed by atoms with Gasteiger partial charge < -0.3 is 45.5 Å². The second-order valence-electron chi connectivity index (χ2n) is 34.6. The van der Waals surface area contributed by atoms with Crippen LogP contribution in [0.5, 0.6) is 0 Å². The highest BCUT2D eigenvalue weighted by atomic mass is 32.2.